The van der Waals surface area contributed by atoms with Gasteiger partial charge in [-0.1, -0.05) is 25.3 Å². The summed E-state index contributed by atoms with van der Waals surface area (Å²) in [5, 5.41) is 4.84. The fourth-order valence-corrected chi connectivity index (χ4v) is 3.85. The van der Waals surface area contributed by atoms with Crippen LogP contribution in [0.3, 0.4) is 0 Å². The van der Waals surface area contributed by atoms with Crippen molar-refractivity contribution in [1.82, 2.24) is 10.9 Å². The Morgan fingerprint density at radius 2 is 1.83 bits per heavy atom. The molecule has 0 aromatic carbocycles. The lowest BCUT2D eigenvalue weighted by Crippen LogP contribution is -2.57. The Morgan fingerprint density at radius 1 is 1.13 bits per heavy atom. The number of nitrogens with two attached hydrogens (primary N) is 1. The highest BCUT2D eigenvalue weighted by Gasteiger charge is 2.32. The summed E-state index contributed by atoms with van der Waals surface area (Å²) in [5.41, 5.74) is 7.57. The second-order valence-corrected chi connectivity index (χ2v) is 7.88. The smallest absolute Gasteiger partial charge is 0.238 e. The van der Waals surface area contributed by atoms with Crippen molar-refractivity contribution >= 4 is 16.0 Å². The molecule has 1 heterocycles. The van der Waals surface area contributed by atoms with Crippen molar-refractivity contribution in [2.45, 2.75) is 56.9 Å². The predicted molar refractivity (Wildman–Crippen MR) is 90.3 cm³/mol. The molecule has 23 heavy (non-hydrogen) atoms. The fraction of sp³-hybridized carbons (Fsp3) is 0.625. The van der Waals surface area contributed by atoms with Crippen LogP contribution in [0.5, 0.6) is 0 Å². The summed E-state index contributed by atoms with van der Waals surface area (Å²) in [5.74, 6) is 1.62. The van der Waals surface area contributed by atoms with E-state index < -0.39 is 10.0 Å². The maximum absolute atomic E-state index is 10.8. The lowest BCUT2D eigenvalue weighted by atomic mass is 9.78. The predicted octanol–water partition coefficient (Wildman–Crippen LogP) is 1.45. The van der Waals surface area contributed by atoms with Gasteiger partial charge >= 0.3 is 0 Å². The van der Waals surface area contributed by atoms with Gasteiger partial charge in [-0.2, -0.15) is 0 Å². The van der Waals surface area contributed by atoms with E-state index in [1.807, 2.05) is 0 Å². The first-order valence-corrected chi connectivity index (χ1v) is 9.65. The van der Waals surface area contributed by atoms with Crippen molar-refractivity contribution in [2.24, 2.45) is 5.14 Å². The molecule has 2 fully saturated rings. The molecule has 1 saturated heterocycles. The zero-order valence-corrected chi connectivity index (χ0v) is 14.1. The van der Waals surface area contributed by atoms with E-state index in [1.54, 1.807) is 12.0 Å². The number of hydrazine groups is 1. The molecule has 128 valence electrons. The van der Waals surface area contributed by atoms with Crippen LogP contribution in [-0.2, 0) is 14.8 Å². The lowest BCUT2D eigenvalue weighted by molar-refractivity contribution is 0.156. The van der Waals surface area contributed by atoms with Crippen LogP contribution < -0.4 is 16.0 Å². The number of hydrogen-bond donors (Lipinski definition) is 3. The van der Waals surface area contributed by atoms with Gasteiger partial charge < -0.3 is 0 Å². The number of carbonyl (C=O) groups excluding carboxylic acids is 1. The first-order valence-electron chi connectivity index (χ1n) is 8.10. The molecule has 7 heteroatoms. The minimum Gasteiger partial charge on any atom is -0.257 e. The molecule has 0 aromatic heterocycles. The third-order valence-electron chi connectivity index (χ3n) is 4.52. The molecule has 0 aromatic rings. The summed E-state index contributed by atoms with van der Waals surface area (Å²) in [6, 6.07) is 0. The minimum absolute atomic E-state index is 0.0490. The lowest BCUT2D eigenvalue weighted by Gasteiger charge is -2.41. The van der Waals surface area contributed by atoms with E-state index in [9.17, 15) is 13.2 Å². The Bertz CT molecular complexity index is 599. The quantitative estimate of drug-likeness (QED) is 0.628. The number of rotatable bonds is 1. The highest BCUT2D eigenvalue weighted by atomic mass is 32.2. The SMILES string of the molecule is C1CCC2(CC1)CCCNN2.NS(=O)(=O)C1=CC(=C=O)CC=C1. The summed E-state index contributed by atoms with van der Waals surface area (Å²) in [7, 11) is -3.69. The van der Waals surface area contributed by atoms with Gasteiger partial charge in [0.15, 0.2) is 0 Å². The van der Waals surface area contributed by atoms with Crippen molar-refractivity contribution in [3.8, 4) is 0 Å². The summed E-state index contributed by atoms with van der Waals surface area (Å²) in [6.45, 7) is 1.15. The van der Waals surface area contributed by atoms with E-state index in [0.717, 1.165) is 6.54 Å². The van der Waals surface area contributed by atoms with Gasteiger partial charge in [-0.3, -0.25) is 10.9 Å². The van der Waals surface area contributed by atoms with Crippen LogP contribution in [-0.4, -0.2) is 26.4 Å². The normalized spacial score (nSPS) is 23.5. The average molecular weight is 339 g/mol. The number of sulfonamides is 1. The molecule has 0 amide bonds. The Morgan fingerprint density at radius 3 is 2.39 bits per heavy atom. The first kappa shape index (κ1) is 18.1. The van der Waals surface area contributed by atoms with Gasteiger partial charge in [-0.05, 0) is 37.8 Å². The van der Waals surface area contributed by atoms with Crippen LogP contribution in [0.4, 0.5) is 0 Å². The van der Waals surface area contributed by atoms with Crippen molar-refractivity contribution in [2.75, 3.05) is 6.54 Å². The first-order chi connectivity index (χ1) is 11.0. The molecular weight excluding hydrogens is 314 g/mol. The number of hydrogen-bond acceptors (Lipinski definition) is 5. The Hall–Kier alpha value is -1.24. The van der Waals surface area contributed by atoms with Crippen molar-refractivity contribution < 1.29 is 13.2 Å². The highest BCUT2D eigenvalue weighted by molar-refractivity contribution is 7.93. The zero-order valence-electron chi connectivity index (χ0n) is 13.3. The number of primary sulfonamides is 1. The summed E-state index contributed by atoms with van der Waals surface area (Å²) in [4.78, 5) is 10.1. The van der Waals surface area contributed by atoms with Crippen molar-refractivity contribution in [1.29, 1.82) is 0 Å². The van der Waals surface area contributed by atoms with Crippen molar-refractivity contribution in [3.05, 3.63) is 28.7 Å². The molecule has 2 aliphatic carbocycles. The van der Waals surface area contributed by atoms with Gasteiger partial charge in [-0.25, -0.2) is 18.4 Å². The Kier molecular flexibility index (Phi) is 6.33. The van der Waals surface area contributed by atoms with Crippen LogP contribution in [0.2, 0.25) is 0 Å². The fourth-order valence-electron chi connectivity index (χ4n) is 3.26. The van der Waals surface area contributed by atoms with E-state index in [1.165, 1.54) is 57.1 Å². The van der Waals surface area contributed by atoms with E-state index in [0.29, 0.717) is 17.5 Å². The minimum atomic E-state index is -3.69. The van der Waals surface area contributed by atoms with E-state index in [2.05, 4.69) is 10.9 Å². The molecule has 1 saturated carbocycles. The monoisotopic (exact) mass is 339 g/mol. The van der Waals surface area contributed by atoms with Crippen LogP contribution in [0.25, 0.3) is 0 Å². The standard InChI is InChI=1S/C9H18N2.C7H7NO3S/c1-2-5-9(6-3-1)7-4-8-10-11-9;8-12(10,11)7-3-1-2-6(4-7)5-9/h10-11H,1-8H2;1,3-4H,2H2,(H2,8,10,11). The second kappa shape index (κ2) is 8.04. The maximum Gasteiger partial charge on any atom is 0.238 e. The number of nitrogens with one attached hydrogen (secondary N) is 2. The summed E-state index contributed by atoms with van der Waals surface area (Å²) in [6.07, 6.45) is 14.4. The number of allylic oxidation sites excluding steroid dienone is 4. The molecule has 0 bridgehead atoms. The van der Waals surface area contributed by atoms with E-state index >= 15 is 0 Å². The molecule has 3 aliphatic rings. The van der Waals surface area contributed by atoms with Gasteiger partial charge in [0.05, 0.1) is 4.91 Å². The molecule has 1 aliphatic heterocycles. The third-order valence-corrected chi connectivity index (χ3v) is 5.43. The molecule has 6 nitrogen and oxygen atoms in total. The second-order valence-electron chi connectivity index (χ2n) is 6.32. The molecule has 4 N–H and O–H groups in total. The van der Waals surface area contributed by atoms with Crippen LogP contribution in [0.15, 0.2) is 28.7 Å². The molecule has 0 unspecified atom stereocenters. The molecular formula is C16H25N3O3S. The topological polar surface area (TPSA) is 101 Å². The summed E-state index contributed by atoms with van der Waals surface area (Å²) < 4.78 is 21.5. The van der Waals surface area contributed by atoms with Gasteiger partial charge in [0, 0.05) is 24.1 Å². The molecule has 0 radical (unpaired) electrons. The van der Waals surface area contributed by atoms with Crippen molar-refractivity contribution in [3.63, 3.8) is 0 Å². The molecule has 3 rings (SSSR count). The van der Waals surface area contributed by atoms with E-state index in [-0.39, 0.29) is 4.91 Å². The molecule has 0 atom stereocenters. The van der Waals surface area contributed by atoms with E-state index in [4.69, 9.17) is 5.14 Å². The molecule has 1 spiro atoms. The van der Waals surface area contributed by atoms with Gasteiger partial charge in [-0.15, -0.1) is 0 Å². The third kappa shape index (κ3) is 5.41. The average Bonchev–Trinajstić information content (AvgIpc) is 2.56. The van der Waals surface area contributed by atoms with Gasteiger partial charge in [0.25, 0.3) is 0 Å². The van der Waals surface area contributed by atoms with Gasteiger partial charge in [0.1, 0.15) is 5.94 Å². The highest BCUT2D eigenvalue weighted by Crippen LogP contribution is 2.32. The Labute approximate surface area is 137 Å². The summed E-state index contributed by atoms with van der Waals surface area (Å²) >= 11 is 0. The zero-order chi connectivity index (χ0) is 16.8. The van der Waals surface area contributed by atoms with Crippen LogP contribution in [0.1, 0.15) is 51.4 Å². The van der Waals surface area contributed by atoms with Gasteiger partial charge in [0.2, 0.25) is 10.0 Å². The van der Waals surface area contributed by atoms with Crippen LogP contribution >= 0.6 is 0 Å². The Balaban J connectivity index is 0.000000167. The maximum atomic E-state index is 10.8. The van der Waals surface area contributed by atoms with Crippen LogP contribution in [0, 0.1) is 0 Å². The largest absolute Gasteiger partial charge is 0.257 e.